The van der Waals surface area contributed by atoms with Gasteiger partial charge in [-0.3, -0.25) is 9.78 Å². The monoisotopic (exact) mass is 381 g/mol. The van der Waals surface area contributed by atoms with Crippen molar-refractivity contribution in [1.82, 2.24) is 15.0 Å². The molecule has 0 saturated heterocycles. The van der Waals surface area contributed by atoms with E-state index in [4.69, 9.17) is 0 Å². The fraction of sp³-hybridized carbons (Fsp3) is 0.200. The number of rotatable bonds is 6. The van der Waals surface area contributed by atoms with E-state index >= 15 is 0 Å². The quantitative estimate of drug-likeness (QED) is 0.687. The molecule has 7 heteroatoms. The molecule has 1 aromatic heterocycles. The van der Waals surface area contributed by atoms with E-state index in [2.05, 4.69) is 15.0 Å². The van der Waals surface area contributed by atoms with Crippen molar-refractivity contribution in [3.63, 3.8) is 0 Å². The Labute approximate surface area is 157 Å². The molecule has 0 atom stereocenters. The number of amides is 1. The minimum atomic E-state index is -3.75. The van der Waals surface area contributed by atoms with Crippen LogP contribution in [0.25, 0.3) is 10.9 Å². The van der Waals surface area contributed by atoms with E-state index in [9.17, 15) is 13.2 Å². The normalized spacial score (nSPS) is 14.2. The highest BCUT2D eigenvalue weighted by Gasteiger charge is 2.24. The first-order chi connectivity index (χ1) is 13.0. The molecule has 1 aliphatic carbocycles. The topological polar surface area (TPSA) is 88.2 Å². The van der Waals surface area contributed by atoms with Gasteiger partial charge in [0.2, 0.25) is 10.0 Å². The molecule has 27 heavy (non-hydrogen) atoms. The molecule has 1 heterocycles. The van der Waals surface area contributed by atoms with Crippen LogP contribution in [0.3, 0.4) is 0 Å². The molecule has 0 bridgehead atoms. The fourth-order valence-corrected chi connectivity index (χ4v) is 3.80. The molecule has 2 N–H and O–H groups in total. The Bertz CT molecular complexity index is 1110. The molecule has 6 nitrogen and oxygen atoms in total. The van der Waals surface area contributed by atoms with Crippen LogP contribution in [0.4, 0.5) is 0 Å². The molecule has 1 fully saturated rings. The summed E-state index contributed by atoms with van der Waals surface area (Å²) in [6, 6.07) is 17.6. The molecule has 1 amide bonds. The first-order valence-electron chi connectivity index (χ1n) is 8.76. The van der Waals surface area contributed by atoms with Crippen molar-refractivity contribution < 1.29 is 13.2 Å². The average Bonchev–Trinajstić information content (AvgIpc) is 3.50. The SMILES string of the molecule is O=C(NC1CC1)c1cccc(S(=O)(=O)NCc2ccc3ccccc3n2)c1. The molecule has 0 spiro atoms. The van der Waals surface area contributed by atoms with Gasteiger partial charge in [-0.2, -0.15) is 0 Å². The summed E-state index contributed by atoms with van der Waals surface area (Å²) in [6.45, 7) is 0.0751. The Kier molecular flexibility index (Phi) is 4.63. The summed E-state index contributed by atoms with van der Waals surface area (Å²) in [7, 11) is -3.75. The zero-order valence-electron chi connectivity index (χ0n) is 14.6. The van der Waals surface area contributed by atoms with Gasteiger partial charge in [-0.1, -0.05) is 30.3 Å². The number of nitrogens with one attached hydrogen (secondary N) is 2. The Morgan fingerprint density at radius 2 is 1.85 bits per heavy atom. The molecule has 0 radical (unpaired) electrons. The van der Waals surface area contributed by atoms with Crippen molar-refractivity contribution in [2.45, 2.75) is 30.3 Å². The van der Waals surface area contributed by atoms with Crippen LogP contribution in [0.15, 0.2) is 65.6 Å². The summed E-state index contributed by atoms with van der Waals surface area (Å²) in [6.07, 6.45) is 1.95. The number of sulfonamides is 1. The highest BCUT2D eigenvalue weighted by molar-refractivity contribution is 7.89. The maximum Gasteiger partial charge on any atom is 0.251 e. The van der Waals surface area contributed by atoms with Crippen molar-refractivity contribution in [3.8, 4) is 0 Å². The largest absolute Gasteiger partial charge is 0.349 e. The second-order valence-corrected chi connectivity index (χ2v) is 8.36. The second-order valence-electron chi connectivity index (χ2n) is 6.60. The second kappa shape index (κ2) is 7.09. The lowest BCUT2D eigenvalue weighted by molar-refractivity contribution is 0.0951. The van der Waals surface area contributed by atoms with Crippen molar-refractivity contribution in [2.75, 3.05) is 0 Å². The molecule has 3 aromatic rings. The number of nitrogens with zero attached hydrogens (tertiary/aromatic N) is 1. The number of fused-ring (bicyclic) bond motifs is 1. The lowest BCUT2D eigenvalue weighted by Crippen LogP contribution is -2.27. The predicted molar refractivity (Wildman–Crippen MR) is 103 cm³/mol. The molecule has 2 aromatic carbocycles. The third-order valence-electron chi connectivity index (χ3n) is 4.42. The van der Waals surface area contributed by atoms with Gasteiger partial charge in [0.1, 0.15) is 0 Å². The Hall–Kier alpha value is -2.77. The maximum absolute atomic E-state index is 12.6. The fourth-order valence-electron chi connectivity index (χ4n) is 2.76. The summed E-state index contributed by atoms with van der Waals surface area (Å²) < 4.78 is 27.8. The van der Waals surface area contributed by atoms with Crippen molar-refractivity contribution >= 4 is 26.8 Å². The molecule has 1 aliphatic rings. The van der Waals surface area contributed by atoms with Crippen molar-refractivity contribution in [1.29, 1.82) is 0 Å². The van der Waals surface area contributed by atoms with Gasteiger partial charge >= 0.3 is 0 Å². The Morgan fingerprint density at radius 3 is 2.67 bits per heavy atom. The van der Waals surface area contributed by atoms with Gasteiger partial charge in [0.15, 0.2) is 0 Å². The highest BCUT2D eigenvalue weighted by atomic mass is 32.2. The highest BCUT2D eigenvalue weighted by Crippen LogP contribution is 2.20. The van der Waals surface area contributed by atoms with E-state index in [1.54, 1.807) is 18.2 Å². The van der Waals surface area contributed by atoms with Gasteiger partial charge in [-0.05, 0) is 43.2 Å². The number of hydrogen-bond acceptors (Lipinski definition) is 4. The first kappa shape index (κ1) is 17.6. The zero-order chi connectivity index (χ0) is 18.9. The summed E-state index contributed by atoms with van der Waals surface area (Å²) in [5, 5.41) is 3.86. The number of pyridine rings is 1. The molecule has 4 rings (SSSR count). The number of carbonyl (C=O) groups is 1. The Morgan fingerprint density at radius 1 is 1.04 bits per heavy atom. The van der Waals surface area contributed by atoms with Gasteiger partial charge in [0, 0.05) is 17.0 Å². The molecule has 1 saturated carbocycles. The van der Waals surface area contributed by atoms with E-state index in [0.717, 1.165) is 23.7 Å². The van der Waals surface area contributed by atoms with Crippen LogP contribution in [-0.4, -0.2) is 25.4 Å². The maximum atomic E-state index is 12.6. The van der Waals surface area contributed by atoms with Gasteiger partial charge in [0.25, 0.3) is 5.91 Å². The minimum Gasteiger partial charge on any atom is -0.349 e. The number of benzene rings is 2. The predicted octanol–water partition coefficient (Wildman–Crippen LogP) is 2.61. The van der Waals surface area contributed by atoms with E-state index < -0.39 is 10.0 Å². The number of hydrogen-bond donors (Lipinski definition) is 2. The summed E-state index contributed by atoms with van der Waals surface area (Å²) in [4.78, 5) is 16.7. The van der Waals surface area contributed by atoms with Gasteiger partial charge in [-0.15, -0.1) is 0 Å². The lowest BCUT2D eigenvalue weighted by atomic mass is 10.2. The average molecular weight is 381 g/mol. The number of carbonyl (C=O) groups excluding carboxylic acids is 1. The summed E-state index contributed by atoms with van der Waals surface area (Å²) in [5.74, 6) is -0.245. The van der Waals surface area contributed by atoms with Crippen LogP contribution in [0, 0.1) is 0 Å². The van der Waals surface area contributed by atoms with Crippen LogP contribution in [0.1, 0.15) is 28.9 Å². The summed E-state index contributed by atoms with van der Waals surface area (Å²) >= 11 is 0. The Balaban J connectivity index is 1.49. The van der Waals surface area contributed by atoms with E-state index in [1.165, 1.54) is 12.1 Å². The summed E-state index contributed by atoms with van der Waals surface area (Å²) in [5.41, 5.74) is 1.78. The zero-order valence-corrected chi connectivity index (χ0v) is 15.4. The number of aromatic nitrogens is 1. The first-order valence-corrected chi connectivity index (χ1v) is 10.2. The van der Waals surface area contributed by atoms with E-state index in [1.807, 2.05) is 30.3 Å². The van der Waals surface area contributed by atoms with E-state index in [-0.39, 0.29) is 23.4 Å². The molecular weight excluding hydrogens is 362 g/mol. The third-order valence-corrected chi connectivity index (χ3v) is 5.82. The van der Waals surface area contributed by atoms with Crippen LogP contribution in [-0.2, 0) is 16.6 Å². The van der Waals surface area contributed by atoms with Gasteiger partial charge in [-0.25, -0.2) is 13.1 Å². The van der Waals surface area contributed by atoms with Crippen LogP contribution in [0.5, 0.6) is 0 Å². The van der Waals surface area contributed by atoms with E-state index in [0.29, 0.717) is 11.3 Å². The standard InChI is InChI=1S/C20H19N3O3S/c24-20(23-16-10-11-16)15-5-3-6-18(12-15)27(25,26)21-13-17-9-8-14-4-1-2-7-19(14)22-17/h1-9,12,16,21H,10-11,13H2,(H,23,24). The van der Waals surface area contributed by atoms with Gasteiger partial charge < -0.3 is 5.32 Å². The third kappa shape index (κ3) is 4.15. The van der Waals surface area contributed by atoms with Crippen molar-refractivity contribution in [3.05, 3.63) is 71.9 Å². The smallest absolute Gasteiger partial charge is 0.251 e. The van der Waals surface area contributed by atoms with Crippen LogP contribution < -0.4 is 10.0 Å². The van der Waals surface area contributed by atoms with Crippen LogP contribution in [0.2, 0.25) is 0 Å². The number of para-hydroxylation sites is 1. The van der Waals surface area contributed by atoms with Crippen LogP contribution >= 0.6 is 0 Å². The van der Waals surface area contributed by atoms with Gasteiger partial charge in [0.05, 0.1) is 22.7 Å². The minimum absolute atomic E-state index is 0.0618. The lowest BCUT2D eigenvalue weighted by Gasteiger charge is -2.09. The molecular formula is C20H19N3O3S. The van der Waals surface area contributed by atoms with Crippen molar-refractivity contribution in [2.24, 2.45) is 0 Å². The molecule has 0 unspecified atom stereocenters. The molecule has 138 valence electrons. The molecule has 0 aliphatic heterocycles.